The molecule has 2 aromatic heterocycles. The minimum atomic E-state index is -3.62. The Morgan fingerprint density at radius 1 is 1.32 bits per heavy atom. The highest BCUT2D eigenvalue weighted by Crippen LogP contribution is 2.23. The molecule has 1 N–H and O–H groups in total. The topological polar surface area (TPSA) is 102 Å². The van der Waals surface area contributed by atoms with E-state index in [0.717, 1.165) is 17.0 Å². The van der Waals surface area contributed by atoms with E-state index in [2.05, 4.69) is 15.5 Å². The van der Waals surface area contributed by atoms with Gasteiger partial charge in [0.15, 0.2) is 0 Å². The Labute approximate surface area is 165 Å². The average molecular weight is 409 g/mol. The molecule has 1 atom stereocenters. The summed E-state index contributed by atoms with van der Waals surface area (Å²) in [6.45, 7) is 7.69. The summed E-state index contributed by atoms with van der Waals surface area (Å²) in [6.07, 6.45) is 4.17. The molecule has 1 aliphatic rings. The van der Waals surface area contributed by atoms with Crippen molar-refractivity contribution in [1.82, 2.24) is 29.2 Å². The number of nitrogens with one attached hydrogen (secondary N) is 1. The third-order valence-corrected chi connectivity index (χ3v) is 7.26. The molecular formula is C18H28N6O3S. The highest BCUT2D eigenvalue weighted by atomic mass is 32.2. The normalized spacial score (nSPS) is 18.4. The van der Waals surface area contributed by atoms with Gasteiger partial charge in [-0.3, -0.25) is 14.2 Å². The SMILES string of the molecule is Cc1nn(CCNC(=O)C2CCCN(S(=O)(=O)c3cnn(C)c3)C2)c(C)c1C. The van der Waals surface area contributed by atoms with Gasteiger partial charge in [0.05, 0.1) is 24.4 Å². The van der Waals surface area contributed by atoms with Crippen LogP contribution in [0, 0.1) is 26.7 Å². The lowest BCUT2D eigenvalue weighted by atomic mass is 9.99. The van der Waals surface area contributed by atoms with Gasteiger partial charge in [0.2, 0.25) is 15.9 Å². The minimum absolute atomic E-state index is 0.107. The summed E-state index contributed by atoms with van der Waals surface area (Å²) in [6, 6.07) is 0. The molecule has 0 aromatic carbocycles. The Kier molecular flexibility index (Phi) is 5.90. The van der Waals surface area contributed by atoms with Crippen LogP contribution in [-0.4, -0.2) is 57.8 Å². The number of rotatable bonds is 6. The van der Waals surface area contributed by atoms with E-state index < -0.39 is 10.0 Å². The second-order valence-electron chi connectivity index (χ2n) is 7.36. The smallest absolute Gasteiger partial charge is 0.246 e. The van der Waals surface area contributed by atoms with Crippen molar-refractivity contribution in [2.24, 2.45) is 13.0 Å². The number of carbonyl (C=O) groups is 1. The van der Waals surface area contributed by atoms with Gasteiger partial charge >= 0.3 is 0 Å². The second kappa shape index (κ2) is 8.04. The summed E-state index contributed by atoms with van der Waals surface area (Å²) in [7, 11) is -1.95. The Balaban J connectivity index is 1.57. The number of nitrogens with zero attached hydrogens (tertiary/aromatic N) is 5. The molecule has 3 heterocycles. The van der Waals surface area contributed by atoms with Crippen LogP contribution in [0.1, 0.15) is 29.8 Å². The Hall–Kier alpha value is -2.20. The molecule has 10 heteroatoms. The highest BCUT2D eigenvalue weighted by Gasteiger charge is 2.33. The van der Waals surface area contributed by atoms with Crippen molar-refractivity contribution in [1.29, 1.82) is 0 Å². The van der Waals surface area contributed by atoms with Crippen LogP contribution in [0.2, 0.25) is 0 Å². The summed E-state index contributed by atoms with van der Waals surface area (Å²) in [5.41, 5.74) is 3.25. The quantitative estimate of drug-likeness (QED) is 0.760. The van der Waals surface area contributed by atoms with Gasteiger partial charge in [-0.2, -0.15) is 14.5 Å². The lowest BCUT2D eigenvalue weighted by molar-refractivity contribution is -0.126. The van der Waals surface area contributed by atoms with Gasteiger partial charge in [0.25, 0.3) is 0 Å². The number of sulfonamides is 1. The van der Waals surface area contributed by atoms with Crippen molar-refractivity contribution in [3.63, 3.8) is 0 Å². The molecule has 1 amide bonds. The number of hydrogen-bond donors (Lipinski definition) is 1. The molecule has 1 saturated heterocycles. The minimum Gasteiger partial charge on any atom is -0.354 e. The van der Waals surface area contributed by atoms with Crippen LogP contribution >= 0.6 is 0 Å². The van der Waals surface area contributed by atoms with E-state index in [4.69, 9.17) is 0 Å². The Morgan fingerprint density at radius 3 is 2.68 bits per heavy atom. The molecule has 3 rings (SSSR count). The van der Waals surface area contributed by atoms with E-state index in [1.54, 1.807) is 7.05 Å². The van der Waals surface area contributed by atoms with E-state index in [-0.39, 0.29) is 23.3 Å². The van der Waals surface area contributed by atoms with Crippen LogP contribution in [0.3, 0.4) is 0 Å². The molecule has 9 nitrogen and oxygen atoms in total. The molecule has 0 spiro atoms. The Morgan fingerprint density at radius 2 is 2.07 bits per heavy atom. The van der Waals surface area contributed by atoms with Gasteiger partial charge in [0.1, 0.15) is 4.90 Å². The number of hydrogen-bond acceptors (Lipinski definition) is 5. The van der Waals surface area contributed by atoms with Crippen LogP contribution in [0.4, 0.5) is 0 Å². The predicted octanol–water partition coefficient (Wildman–Crippen LogP) is 0.759. The monoisotopic (exact) mass is 408 g/mol. The molecule has 0 radical (unpaired) electrons. The number of carbonyl (C=O) groups excluding carboxylic acids is 1. The molecule has 0 aliphatic carbocycles. The number of amides is 1. The summed E-state index contributed by atoms with van der Waals surface area (Å²) in [4.78, 5) is 12.7. The number of aromatic nitrogens is 4. The maximum atomic E-state index is 12.8. The molecule has 28 heavy (non-hydrogen) atoms. The molecule has 0 bridgehead atoms. The van der Waals surface area contributed by atoms with Crippen LogP contribution in [0.15, 0.2) is 17.3 Å². The standard InChI is InChI=1S/C18H28N6O3S/c1-13-14(2)21-24(15(13)3)9-7-19-18(25)16-6-5-8-23(11-16)28(26,27)17-10-20-22(4)12-17/h10,12,16H,5-9,11H2,1-4H3,(H,19,25). The third-order valence-electron chi connectivity index (χ3n) is 5.44. The largest absolute Gasteiger partial charge is 0.354 e. The van der Waals surface area contributed by atoms with Gasteiger partial charge in [-0.1, -0.05) is 0 Å². The van der Waals surface area contributed by atoms with Gasteiger partial charge < -0.3 is 5.32 Å². The summed E-state index contributed by atoms with van der Waals surface area (Å²) < 4.78 is 30.3. The maximum Gasteiger partial charge on any atom is 0.246 e. The van der Waals surface area contributed by atoms with E-state index in [1.807, 2.05) is 25.5 Å². The molecular weight excluding hydrogens is 380 g/mol. The third kappa shape index (κ3) is 4.12. The van der Waals surface area contributed by atoms with E-state index >= 15 is 0 Å². The summed E-state index contributed by atoms with van der Waals surface area (Å²) >= 11 is 0. The summed E-state index contributed by atoms with van der Waals surface area (Å²) in [5, 5.41) is 11.3. The van der Waals surface area contributed by atoms with Gasteiger partial charge in [-0.25, -0.2) is 8.42 Å². The van der Waals surface area contributed by atoms with E-state index in [0.29, 0.717) is 32.5 Å². The molecule has 0 saturated carbocycles. The zero-order chi connectivity index (χ0) is 20.5. The van der Waals surface area contributed by atoms with Gasteiger partial charge in [-0.05, 0) is 39.2 Å². The van der Waals surface area contributed by atoms with Crippen molar-refractivity contribution in [2.75, 3.05) is 19.6 Å². The van der Waals surface area contributed by atoms with Crippen molar-refractivity contribution < 1.29 is 13.2 Å². The van der Waals surface area contributed by atoms with E-state index in [9.17, 15) is 13.2 Å². The van der Waals surface area contributed by atoms with Crippen LogP contribution in [0.25, 0.3) is 0 Å². The predicted molar refractivity (Wildman–Crippen MR) is 104 cm³/mol. The maximum absolute atomic E-state index is 12.8. The molecule has 1 unspecified atom stereocenters. The lowest BCUT2D eigenvalue weighted by Gasteiger charge is -2.30. The van der Waals surface area contributed by atoms with Crippen LogP contribution in [0.5, 0.6) is 0 Å². The molecule has 154 valence electrons. The number of piperidine rings is 1. The number of aryl methyl sites for hydroxylation is 2. The zero-order valence-electron chi connectivity index (χ0n) is 16.8. The molecule has 1 aliphatic heterocycles. The highest BCUT2D eigenvalue weighted by molar-refractivity contribution is 7.89. The second-order valence-corrected chi connectivity index (χ2v) is 9.30. The zero-order valence-corrected chi connectivity index (χ0v) is 17.7. The molecule has 1 fully saturated rings. The fourth-order valence-electron chi connectivity index (χ4n) is 3.49. The molecule has 2 aromatic rings. The Bertz CT molecular complexity index is 962. The van der Waals surface area contributed by atoms with Crippen LogP contribution < -0.4 is 5.32 Å². The lowest BCUT2D eigenvalue weighted by Crippen LogP contribution is -2.45. The van der Waals surface area contributed by atoms with Gasteiger partial charge in [-0.15, -0.1) is 0 Å². The fraction of sp³-hybridized carbons (Fsp3) is 0.611. The van der Waals surface area contributed by atoms with Crippen molar-refractivity contribution in [3.05, 3.63) is 29.3 Å². The fourth-order valence-corrected chi connectivity index (χ4v) is 5.00. The first-order valence-electron chi connectivity index (χ1n) is 9.47. The van der Waals surface area contributed by atoms with Crippen molar-refractivity contribution >= 4 is 15.9 Å². The summed E-state index contributed by atoms with van der Waals surface area (Å²) in [5.74, 6) is -0.452. The first-order chi connectivity index (χ1) is 13.2. The first kappa shape index (κ1) is 20.5. The van der Waals surface area contributed by atoms with E-state index in [1.165, 1.54) is 21.4 Å². The van der Waals surface area contributed by atoms with Crippen molar-refractivity contribution in [2.45, 2.75) is 45.1 Å². The first-order valence-corrected chi connectivity index (χ1v) is 10.9. The van der Waals surface area contributed by atoms with Crippen LogP contribution in [-0.2, 0) is 28.4 Å². The van der Waals surface area contributed by atoms with Crippen molar-refractivity contribution in [3.8, 4) is 0 Å². The van der Waals surface area contributed by atoms with Gasteiger partial charge in [0, 0.05) is 38.6 Å². The average Bonchev–Trinajstić information content (AvgIpc) is 3.21.